The minimum absolute atomic E-state index is 0.199. The number of fused-ring (bicyclic) bond motifs is 5. The first kappa shape index (κ1) is 26.2. The molecule has 4 heterocycles. The fourth-order valence-corrected chi connectivity index (χ4v) is 7.42. The lowest BCUT2D eigenvalue weighted by Gasteiger charge is -2.53. The number of anilines is 1. The van der Waals surface area contributed by atoms with E-state index < -0.39 is 10.0 Å². The molecule has 3 fully saturated rings. The van der Waals surface area contributed by atoms with E-state index in [0.717, 1.165) is 93.3 Å². The highest BCUT2D eigenvalue weighted by Gasteiger charge is 2.49. The van der Waals surface area contributed by atoms with Crippen molar-refractivity contribution in [2.24, 2.45) is 12.5 Å². The van der Waals surface area contributed by atoms with Gasteiger partial charge in [-0.2, -0.15) is 10.2 Å². The van der Waals surface area contributed by atoms with Crippen molar-refractivity contribution in [1.29, 1.82) is 0 Å². The van der Waals surface area contributed by atoms with E-state index in [1.807, 2.05) is 24.9 Å². The first-order valence-electron chi connectivity index (χ1n) is 13.8. The Kier molecular flexibility index (Phi) is 6.25. The van der Waals surface area contributed by atoms with Crippen molar-refractivity contribution < 1.29 is 13.2 Å². The minimum atomic E-state index is -3.39. The van der Waals surface area contributed by atoms with Gasteiger partial charge in [0.25, 0.3) is 0 Å². The van der Waals surface area contributed by atoms with Crippen molar-refractivity contribution in [2.45, 2.75) is 77.4 Å². The van der Waals surface area contributed by atoms with Crippen LogP contribution >= 0.6 is 0 Å². The van der Waals surface area contributed by atoms with Crippen molar-refractivity contribution in [2.75, 3.05) is 24.2 Å². The second-order valence-electron chi connectivity index (χ2n) is 12.0. The van der Waals surface area contributed by atoms with Crippen LogP contribution in [-0.2, 0) is 41.4 Å². The van der Waals surface area contributed by atoms with Gasteiger partial charge < -0.3 is 10.2 Å². The Hall–Kier alpha value is -2.99. The number of hydrogen-bond acceptors (Lipinski definition) is 7. The highest BCUT2D eigenvalue weighted by atomic mass is 32.2. The monoisotopic (exact) mass is 554 g/mol. The van der Waals surface area contributed by atoms with Crippen LogP contribution in [0.25, 0.3) is 11.0 Å². The number of hydrogen-bond donors (Lipinski definition) is 2. The van der Waals surface area contributed by atoms with E-state index in [1.54, 1.807) is 0 Å². The predicted molar refractivity (Wildman–Crippen MR) is 149 cm³/mol. The minimum Gasteiger partial charge on any atom is -0.366 e. The van der Waals surface area contributed by atoms with Crippen LogP contribution in [0.5, 0.6) is 0 Å². The topological polar surface area (TPSA) is 127 Å². The maximum atomic E-state index is 12.4. The molecule has 0 atom stereocenters. The maximum Gasteiger partial charge on any atom is 0.235 e. The van der Waals surface area contributed by atoms with Crippen LogP contribution in [-0.4, -0.2) is 63.8 Å². The standard InChI is InChI=1S/C27H38N8O3S/c1-18-13-23(20-14-28-33(3)25(20)30-18)34-12-5-22-21(16-34)19(2)32-35(22)17-26-6-9-27(10-7-26,11-8-26)31-24(36)15-29-39(4,37)38/h13-14,29H,5-12,15-17H2,1-4H3,(H,31,36). The highest BCUT2D eigenvalue weighted by molar-refractivity contribution is 7.88. The predicted octanol–water partition coefficient (Wildman–Crippen LogP) is 2.10. The van der Waals surface area contributed by atoms with Crippen molar-refractivity contribution >= 4 is 32.7 Å². The summed E-state index contributed by atoms with van der Waals surface area (Å²) in [6.45, 7) is 6.64. The van der Waals surface area contributed by atoms with Crippen molar-refractivity contribution in [3.8, 4) is 0 Å². The van der Waals surface area contributed by atoms with Crippen LogP contribution in [0.4, 0.5) is 5.69 Å². The van der Waals surface area contributed by atoms with E-state index >= 15 is 0 Å². The third-order valence-electron chi connectivity index (χ3n) is 9.27. The molecule has 3 aromatic rings. The lowest BCUT2D eigenvalue weighted by atomic mass is 9.57. The van der Waals surface area contributed by atoms with E-state index in [9.17, 15) is 13.2 Å². The Bertz CT molecular complexity index is 1530. The first-order chi connectivity index (χ1) is 18.4. The molecule has 4 aliphatic rings. The van der Waals surface area contributed by atoms with Crippen molar-refractivity contribution in [3.63, 3.8) is 0 Å². The largest absolute Gasteiger partial charge is 0.366 e. The van der Waals surface area contributed by atoms with Gasteiger partial charge in [-0.3, -0.25) is 14.2 Å². The molecule has 3 aromatic heterocycles. The van der Waals surface area contributed by atoms with Gasteiger partial charge >= 0.3 is 0 Å². The molecule has 1 amide bonds. The van der Waals surface area contributed by atoms with E-state index in [2.05, 4.69) is 42.7 Å². The maximum absolute atomic E-state index is 12.4. The molecular weight excluding hydrogens is 516 g/mol. The lowest BCUT2D eigenvalue weighted by molar-refractivity contribution is -0.124. The number of sulfonamides is 1. The number of carbonyl (C=O) groups excluding carboxylic acids is 1. The van der Waals surface area contributed by atoms with E-state index in [1.165, 1.54) is 16.9 Å². The smallest absolute Gasteiger partial charge is 0.235 e. The average Bonchev–Trinajstić information content (AvgIpc) is 3.41. The molecule has 12 heteroatoms. The summed E-state index contributed by atoms with van der Waals surface area (Å²) in [5.74, 6) is -0.246. The van der Waals surface area contributed by atoms with Crippen LogP contribution < -0.4 is 14.9 Å². The molecule has 0 unspecified atom stereocenters. The number of carbonyl (C=O) groups is 1. The number of aromatic nitrogens is 5. The fourth-order valence-electron chi connectivity index (χ4n) is 7.02. The second-order valence-corrected chi connectivity index (χ2v) is 13.9. The zero-order valence-electron chi connectivity index (χ0n) is 23.2. The Labute approximate surface area is 229 Å². The molecule has 3 saturated carbocycles. The van der Waals surface area contributed by atoms with Gasteiger partial charge in [-0.05, 0) is 63.9 Å². The molecule has 0 saturated heterocycles. The summed E-state index contributed by atoms with van der Waals surface area (Å²) in [5.41, 5.74) is 6.87. The van der Waals surface area contributed by atoms with Gasteiger partial charge in [0.05, 0.1) is 35.8 Å². The summed E-state index contributed by atoms with van der Waals surface area (Å²) < 4.78 is 29.1. The molecule has 11 nitrogen and oxygen atoms in total. The molecule has 7 rings (SSSR count). The molecule has 2 N–H and O–H groups in total. The summed E-state index contributed by atoms with van der Waals surface area (Å²) in [7, 11) is -1.45. The Balaban J connectivity index is 1.15. The molecule has 0 spiro atoms. The molecule has 3 aliphatic carbocycles. The van der Waals surface area contributed by atoms with Crippen LogP contribution in [0, 0.1) is 19.3 Å². The summed E-state index contributed by atoms with van der Waals surface area (Å²) in [6, 6.07) is 2.17. The summed E-state index contributed by atoms with van der Waals surface area (Å²) >= 11 is 0. The van der Waals surface area contributed by atoms with Crippen molar-refractivity contribution in [1.82, 2.24) is 34.6 Å². The highest BCUT2D eigenvalue weighted by Crippen LogP contribution is 2.53. The van der Waals surface area contributed by atoms with E-state index in [4.69, 9.17) is 5.10 Å². The average molecular weight is 555 g/mol. The third kappa shape index (κ3) is 4.93. The van der Waals surface area contributed by atoms with Gasteiger partial charge in [0, 0.05) is 55.6 Å². The Morgan fingerprint density at radius 3 is 2.54 bits per heavy atom. The molecule has 0 aromatic carbocycles. The van der Waals surface area contributed by atoms with E-state index in [0.29, 0.717) is 0 Å². The third-order valence-corrected chi connectivity index (χ3v) is 9.94. The van der Waals surface area contributed by atoms with Gasteiger partial charge in [-0.15, -0.1) is 0 Å². The fraction of sp³-hybridized carbons (Fsp3) is 0.630. The summed E-state index contributed by atoms with van der Waals surface area (Å²) in [5, 5.41) is 13.7. The zero-order valence-corrected chi connectivity index (χ0v) is 24.1. The Morgan fingerprint density at radius 1 is 1.13 bits per heavy atom. The van der Waals surface area contributed by atoms with Gasteiger partial charge in [0.2, 0.25) is 15.9 Å². The van der Waals surface area contributed by atoms with Crippen molar-refractivity contribution in [3.05, 3.63) is 34.9 Å². The lowest BCUT2D eigenvalue weighted by Crippen LogP contribution is -2.58. The van der Waals surface area contributed by atoms with Gasteiger partial charge in [-0.25, -0.2) is 18.1 Å². The SMILES string of the molecule is Cc1cc(N2CCc3c(c(C)nn3CC34CCC(NC(=O)CNS(C)(=O)=O)(CC3)CC4)C2)c2cnn(C)c2n1. The number of nitrogens with zero attached hydrogens (tertiary/aromatic N) is 6. The first-order valence-corrected chi connectivity index (χ1v) is 15.7. The van der Waals surface area contributed by atoms with Gasteiger partial charge in [0.15, 0.2) is 5.65 Å². The molecule has 39 heavy (non-hydrogen) atoms. The number of nitrogens with one attached hydrogen (secondary N) is 2. The molecule has 0 radical (unpaired) electrons. The van der Waals surface area contributed by atoms with Gasteiger partial charge in [-0.1, -0.05) is 0 Å². The van der Waals surface area contributed by atoms with Gasteiger partial charge in [0.1, 0.15) is 0 Å². The second kappa shape index (κ2) is 9.29. The quantitative estimate of drug-likeness (QED) is 0.458. The molecule has 210 valence electrons. The number of aryl methyl sites for hydroxylation is 3. The molecular formula is C27H38N8O3S. The summed E-state index contributed by atoms with van der Waals surface area (Å²) in [4.78, 5) is 19.6. The summed E-state index contributed by atoms with van der Waals surface area (Å²) in [6.07, 6.45) is 9.84. The number of amides is 1. The van der Waals surface area contributed by atoms with Crippen LogP contribution in [0.2, 0.25) is 0 Å². The van der Waals surface area contributed by atoms with Crippen LogP contribution in [0.3, 0.4) is 0 Å². The molecule has 2 bridgehead atoms. The van der Waals surface area contributed by atoms with Crippen LogP contribution in [0.1, 0.15) is 61.2 Å². The Morgan fingerprint density at radius 2 is 1.85 bits per heavy atom. The number of rotatable bonds is 7. The zero-order chi connectivity index (χ0) is 27.6. The molecule has 1 aliphatic heterocycles. The number of pyridine rings is 1. The van der Waals surface area contributed by atoms with Crippen LogP contribution in [0.15, 0.2) is 12.3 Å². The van der Waals surface area contributed by atoms with E-state index in [-0.39, 0.29) is 23.4 Å². The normalized spacial score (nSPS) is 24.8.